The van der Waals surface area contributed by atoms with Gasteiger partial charge in [-0.15, -0.1) is 0 Å². The van der Waals surface area contributed by atoms with E-state index in [9.17, 15) is 14.2 Å². The van der Waals surface area contributed by atoms with Crippen LogP contribution in [0.15, 0.2) is 24.5 Å². The van der Waals surface area contributed by atoms with Crippen LogP contribution in [-0.2, 0) is 15.6 Å². The van der Waals surface area contributed by atoms with E-state index in [1.165, 1.54) is 18.3 Å². The van der Waals surface area contributed by atoms with Gasteiger partial charge in [0.1, 0.15) is 0 Å². The first-order valence-corrected chi connectivity index (χ1v) is 7.53. The molecule has 0 fully saturated rings. The van der Waals surface area contributed by atoms with Crippen LogP contribution in [0, 0.1) is 0 Å². The zero-order valence-corrected chi connectivity index (χ0v) is 10.2. The average molecular weight is 307 g/mol. The Morgan fingerprint density at radius 3 is 2.00 bits per heavy atom. The Balaban J connectivity index is 0.00000289. The van der Waals surface area contributed by atoms with Crippen LogP contribution >= 0.6 is 15.2 Å². The average Bonchev–Trinajstić information content (AvgIpc) is 2.15. The summed E-state index contributed by atoms with van der Waals surface area (Å²) in [7, 11) is -10.8. The third-order valence-corrected chi connectivity index (χ3v) is 5.84. The topological polar surface area (TPSA) is 148 Å². The molecule has 0 unspecified atom stereocenters. The van der Waals surface area contributed by atoms with Crippen molar-refractivity contribution in [2.75, 3.05) is 0 Å². The number of hydrogen-bond acceptors (Lipinski definition) is 4. The molecule has 18 heavy (non-hydrogen) atoms. The molecule has 1 aromatic rings. The van der Waals surface area contributed by atoms with E-state index in [1.807, 2.05) is 0 Å². The molecule has 0 radical (unpaired) electrons. The Kier molecular flexibility index (Phi) is 6.38. The first kappa shape index (κ1) is 18.4. The van der Waals surface area contributed by atoms with Gasteiger partial charge in [-0.25, -0.2) is 0 Å². The maximum absolute atomic E-state index is 11.0. The fourth-order valence-electron chi connectivity index (χ4n) is 1.15. The molecule has 0 amide bonds. The second-order valence-corrected chi connectivity index (χ2v) is 7.41. The van der Waals surface area contributed by atoms with Gasteiger partial charge >= 0.3 is 44.7 Å². The van der Waals surface area contributed by atoms with E-state index < -0.39 is 26.7 Å². The van der Waals surface area contributed by atoms with Crippen LogP contribution in [0.3, 0.4) is 0 Å². The molecule has 0 aliphatic carbocycles. The van der Waals surface area contributed by atoms with Gasteiger partial charge in [-0.05, 0) is 11.6 Å². The summed E-state index contributed by atoms with van der Waals surface area (Å²) in [6, 6.07) is 2.75. The first-order valence-electron chi connectivity index (χ1n) is 4.30. The van der Waals surface area contributed by atoms with E-state index in [1.54, 1.807) is 0 Å². The van der Waals surface area contributed by atoms with Crippen LogP contribution < -0.4 is 0 Å². The fraction of sp³-hybridized carbons (Fsp3) is 0.286. The fourth-order valence-corrected chi connectivity index (χ4v) is 3.29. The van der Waals surface area contributed by atoms with Gasteiger partial charge in [-0.2, -0.15) is 0 Å². The van der Waals surface area contributed by atoms with Crippen molar-refractivity contribution >= 4 is 44.7 Å². The van der Waals surface area contributed by atoms with Gasteiger partial charge in [0.25, 0.3) is 5.08 Å². The number of nitrogens with zero attached hydrogens (tertiary/aromatic N) is 1. The van der Waals surface area contributed by atoms with Gasteiger partial charge in [0.15, 0.2) is 0 Å². The second-order valence-electron chi connectivity index (χ2n) is 3.40. The van der Waals surface area contributed by atoms with Crippen molar-refractivity contribution < 1.29 is 33.8 Å². The number of hydrogen-bond donors (Lipinski definition) is 5. The molecule has 0 atom stereocenters. The molecule has 0 spiro atoms. The molecule has 5 N–H and O–H groups in total. The quantitative estimate of drug-likeness (QED) is 0.350. The summed E-state index contributed by atoms with van der Waals surface area (Å²) >= 11 is 0. The van der Waals surface area contributed by atoms with Crippen molar-refractivity contribution in [1.29, 1.82) is 0 Å². The standard InChI is InChI=1S/C7H11NO7P2.Na.H/c9-7(16(10,11)12,17(13,14)15)4-6-2-1-3-8-5-6;;/h1-3,5,9H,4H2,(H2,10,11,12)(H2,13,14,15);;. The predicted octanol–water partition coefficient (Wildman–Crippen LogP) is -1.02. The van der Waals surface area contributed by atoms with E-state index in [0.29, 0.717) is 0 Å². The SMILES string of the molecule is O=P(O)(O)C(O)(Cc1cccnc1)P(=O)(O)O.[NaH]. The molecule has 0 aromatic carbocycles. The van der Waals surface area contributed by atoms with Gasteiger partial charge in [-0.3, -0.25) is 14.1 Å². The minimum absolute atomic E-state index is 0. The molecular formula is C7H12NNaO7P2. The van der Waals surface area contributed by atoms with Gasteiger partial charge < -0.3 is 24.7 Å². The zero-order chi connectivity index (χ0) is 13.3. The van der Waals surface area contributed by atoms with Crippen LogP contribution in [0.2, 0.25) is 0 Å². The van der Waals surface area contributed by atoms with Crippen molar-refractivity contribution in [2.45, 2.75) is 11.5 Å². The maximum atomic E-state index is 11.0. The molecule has 0 aliphatic heterocycles. The van der Waals surface area contributed by atoms with E-state index in [0.717, 1.165) is 6.20 Å². The summed E-state index contributed by atoms with van der Waals surface area (Å²) in [6.45, 7) is 0. The third kappa shape index (κ3) is 3.95. The summed E-state index contributed by atoms with van der Waals surface area (Å²) < 4.78 is 22.1. The Morgan fingerprint density at radius 2 is 1.67 bits per heavy atom. The number of aliphatic hydroxyl groups is 1. The summed E-state index contributed by atoms with van der Waals surface area (Å²) in [4.78, 5) is 39.1. The second kappa shape index (κ2) is 6.24. The minimum atomic E-state index is -5.41. The van der Waals surface area contributed by atoms with Crippen molar-refractivity contribution in [3.05, 3.63) is 30.1 Å². The predicted molar refractivity (Wildman–Crippen MR) is 64.1 cm³/mol. The number of pyridine rings is 1. The van der Waals surface area contributed by atoms with Gasteiger partial charge in [0, 0.05) is 18.8 Å². The Morgan fingerprint density at radius 1 is 1.17 bits per heavy atom. The molecule has 98 valence electrons. The van der Waals surface area contributed by atoms with E-state index >= 15 is 0 Å². The van der Waals surface area contributed by atoms with Crippen molar-refractivity contribution in [3.63, 3.8) is 0 Å². The van der Waals surface area contributed by atoms with Crippen LogP contribution in [0.1, 0.15) is 5.56 Å². The number of rotatable bonds is 4. The summed E-state index contributed by atoms with van der Waals surface area (Å²) in [5.41, 5.74) is 0.0988. The normalized spacial score (nSPS) is 12.9. The first-order chi connectivity index (χ1) is 7.58. The Hall–Kier alpha value is 0.410. The molecule has 0 saturated heterocycles. The van der Waals surface area contributed by atoms with Crippen LogP contribution in [0.5, 0.6) is 0 Å². The molecule has 0 saturated carbocycles. The zero-order valence-electron chi connectivity index (χ0n) is 8.41. The van der Waals surface area contributed by atoms with Crippen LogP contribution in [0.4, 0.5) is 0 Å². The molecule has 8 nitrogen and oxygen atoms in total. The molecule has 1 heterocycles. The Labute approximate surface area is 125 Å². The summed E-state index contributed by atoms with van der Waals surface area (Å²) in [5.74, 6) is 0. The van der Waals surface area contributed by atoms with Crippen LogP contribution in [0.25, 0.3) is 0 Å². The monoisotopic (exact) mass is 307 g/mol. The van der Waals surface area contributed by atoms with Gasteiger partial charge in [0.05, 0.1) is 0 Å². The van der Waals surface area contributed by atoms with Gasteiger partial charge in [-0.1, -0.05) is 6.07 Å². The molecule has 0 bridgehead atoms. The van der Waals surface area contributed by atoms with Crippen molar-refractivity contribution in [1.82, 2.24) is 4.98 Å². The molecule has 1 rings (SSSR count). The Bertz CT molecular complexity index is 462. The molecule has 0 aliphatic rings. The van der Waals surface area contributed by atoms with Crippen molar-refractivity contribution in [2.24, 2.45) is 0 Å². The third-order valence-electron chi connectivity index (χ3n) is 2.10. The summed E-state index contributed by atoms with van der Waals surface area (Å²) in [6.07, 6.45) is 1.63. The van der Waals surface area contributed by atoms with Gasteiger partial charge in [0.2, 0.25) is 0 Å². The van der Waals surface area contributed by atoms with E-state index in [4.69, 9.17) is 19.6 Å². The molecular weight excluding hydrogens is 295 g/mol. The van der Waals surface area contributed by atoms with Crippen LogP contribution in [-0.4, -0.2) is 64.3 Å². The van der Waals surface area contributed by atoms with Crippen molar-refractivity contribution in [3.8, 4) is 0 Å². The van der Waals surface area contributed by atoms with E-state index in [2.05, 4.69) is 4.98 Å². The molecule has 1 aromatic heterocycles. The molecule has 11 heteroatoms. The van der Waals surface area contributed by atoms with E-state index in [-0.39, 0.29) is 35.1 Å². The summed E-state index contributed by atoms with van der Waals surface area (Å²) in [5, 5.41) is 6.16. The number of aromatic nitrogens is 1.